The van der Waals surface area contributed by atoms with Gasteiger partial charge < -0.3 is 5.73 Å². The Kier molecular flexibility index (Phi) is 4.52. The molecule has 0 amide bonds. The first-order valence-corrected chi connectivity index (χ1v) is 7.80. The first kappa shape index (κ1) is 14.9. The van der Waals surface area contributed by atoms with Crippen LogP contribution in [0.3, 0.4) is 0 Å². The summed E-state index contributed by atoms with van der Waals surface area (Å²) in [5.41, 5.74) is 6.36. The summed E-state index contributed by atoms with van der Waals surface area (Å²) in [5.74, 6) is -0.850. The summed E-state index contributed by atoms with van der Waals surface area (Å²) >= 11 is 0. The largest absolute Gasteiger partial charge is 0.323 e. The second kappa shape index (κ2) is 6.38. The van der Waals surface area contributed by atoms with E-state index in [-0.39, 0.29) is 5.56 Å². The molecule has 0 radical (unpaired) electrons. The van der Waals surface area contributed by atoms with Crippen molar-refractivity contribution in [3.05, 3.63) is 35.4 Å². The second-order valence-corrected chi connectivity index (χ2v) is 6.22. The molecule has 0 saturated carbocycles. The van der Waals surface area contributed by atoms with Crippen LogP contribution in [-0.2, 0) is 0 Å². The van der Waals surface area contributed by atoms with Crippen LogP contribution < -0.4 is 5.73 Å². The van der Waals surface area contributed by atoms with Gasteiger partial charge in [0.2, 0.25) is 0 Å². The van der Waals surface area contributed by atoms with Gasteiger partial charge in [0.15, 0.2) is 0 Å². The number of nitrogens with zero attached hydrogens (tertiary/aromatic N) is 2. The Hall–Kier alpha value is -1.04. The maximum Gasteiger partial charge on any atom is 0.128 e. The summed E-state index contributed by atoms with van der Waals surface area (Å²) in [7, 11) is 0. The molecule has 2 fully saturated rings. The van der Waals surface area contributed by atoms with Gasteiger partial charge in [-0.1, -0.05) is 0 Å². The number of hydrogen-bond acceptors (Lipinski definition) is 3. The number of rotatable bonds is 4. The number of hydrogen-bond donors (Lipinski definition) is 1. The third-order valence-corrected chi connectivity index (χ3v) is 4.72. The molecule has 2 saturated heterocycles. The first-order chi connectivity index (χ1) is 10.1. The van der Waals surface area contributed by atoms with E-state index in [1.165, 1.54) is 32.0 Å². The van der Waals surface area contributed by atoms with Crippen LogP contribution in [0.5, 0.6) is 0 Å². The lowest BCUT2D eigenvalue weighted by Crippen LogP contribution is -2.37. The molecule has 116 valence electrons. The zero-order valence-electron chi connectivity index (χ0n) is 12.3. The fraction of sp³-hybridized carbons (Fsp3) is 0.625. The molecule has 2 atom stereocenters. The third kappa shape index (κ3) is 3.42. The Balaban J connectivity index is 1.58. The van der Waals surface area contributed by atoms with E-state index in [1.807, 2.05) is 0 Å². The average Bonchev–Trinajstić information content (AvgIpc) is 3.11. The minimum Gasteiger partial charge on any atom is -0.323 e. The predicted octanol–water partition coefficient (Wildman–Crippen LogP) is 2.13. The van der Waals surface area contributed by atoms with Crippen molar-refractivity contribution in [3.8, 4) is 0 Å². The van der Waals surface area contributed by atoms with Gasteiger partial charge in [0.1, 0.15) is 11.6 Å². The molecule has 2 N–H and O–H groups in total. The smallest absolute Gasteiger partial charge is 0.128 e. The summed E-state index contributed by atoms with van der Waals surface area (Å²) in [6.45, 7) is 4.97. The second-order valence-electron chi connectivity index (χ2n) is 6.22. The Bertz CT molecular complexity index is 488. The zero-order chi connectivity index (χ0) is 14.8. The SMILES string of the molecule is NC(CN1CCC(N2CCCC2)C1)c1cc(F)ccc1F. The lowest BCUT2D eigenvalue weighted by Gasteiger charge is -2.25. The van der Waals surface area contributed by atoms with Gasteiger partial charge in [-0.05, 0) is 57.1 Å². The lowest BCUT2D eigenvalue weighted by atomic mass is 10.1. The van der Waals surface area contributed by atoms with Crippen molar-refractivity contribution in [1.82, 2.24) is 9.80 Å². The summed E-state index contributed by atoms with van der Waals surface area (Å²) in [5, 5.41) is 0. The quantitative estimate of drug-likeness (QED) is 0.923. The van der Waals surface area contributed by atoms with Crippen LogP contribution in [0.2, 0.25) is 0 Å². The Morgan fingerprint density at radius 1 is 1.19 bits per heavy atom. The highest BCUT2D eigenvalue weighted by Gasteiger charge is 2.30. The molecule has 2 aliphatic rings. The maximum atomic E-state index is 13.7. The molecule has 5 heteroatoms. The van der Waals surface area contributed by atoms with E-state index in [9.17, 15) is 8.78 Å². The number of likely N-dealkylation sites (tertiary alicyclic amines) is 2. The van der Waals surface area contributed by atoms with Crippen LogP contribution in [0.25, 0.3) is 0 Å². The minimum absolute atomic E-state index is 0.277. The molecule has 2 unspecified atom stereocenters. The monoisotopic (exact) mass is 295 g/mol. The van der Waals surface area contributed by atoms with Crippen molar-refractivity contribution >= 4 is 0 Å². The summed E-state index contributed by atoms with van der Waals surface area (Å²) in [6.07, 6.45) is 3.74. The molecule has 2 heterocycles. The molecule has 1 aromatic carbocycles. The van der Waals surface area contributed by atoms with Crippen LogP contribution in [-0.4, -0.2) is 48.6 Å². The number of halogens is 2. The molecular formula is C16H23F2N3. The van der Waals surface area contributed by atoms with Gasteiger partial charge in [-0.3, -0.25) is 9.80 Å². The van der Waals surface area contributed by atoms with Gasteiger partial charge in [-0.15, -0.1) is 0 Å². The third-order valence-electron chi connectivity index (χ3n) is 4.72. The van der Waals surface area contributed by atoms with Crippen LogP contribution in [0.1, 0.15) is 30.9 Å². The molecule has 2 aliphatic heterocycles. The van der Waals surface area contributed by atoms with Crippen LogP contribution in [0, 0.1) is 11.6 Å². The molecule has 0 spiro atoms. The van der Waals surface area contributed by atoms with Gasteiger partial charge >= 0.3 is 0 Å². The topological polar surface area (TPSA) is 32.5 Å². The van der Waals surface area contributed by atoms with Gasteiger partial charge in [0, 0.05) is 30.7 Å². The molecule has 0 aromatic heterocycles. The van der Waals surface area contributed by atoms with E-state index in [4.69, 9.17) is 5.73 Å². The first-order valence-electron chi connectivity index (χ1n) is 7.80. The average molecular weight is 295 g/mol. The van der Waals surface area contributed by atoms with Crippen molar-refractivity contribution in [2.24, 2.45) is 5.73 Å². The molecule has 3 nitrogen and oxygen atoms in total. The standard InChI is InChI=1S/C16H23F2N3/c17-12-3-4-15(18)14(9-12)16(19)11-20-8-5-13(10-20)21-6-1-2-7-21/h3-4,9,13,16H,1-2,5-8,10-11,19H2. The van der Waals surface area contributed by atoms with Crippen molar-refractivity contribution in [3.63, 3.8) is 0 Å². The Morgan fingerprint density at radius 2 is 1.95 bits per heavy atom. The Labute approximate surface area is 124 Å². The highest BCUT2D eigenvalue weighted by Crippen LogP contribution is 2.23. The van der Waals surface area contributed by atoms with E-state index >= 15 is 0 Å². The molecular weight excluding hydrogens is 272 g/mol. The van der Waals surface area contributed by atoms with E-state index in [1.54, 1.807) is 0 Å². The molecule has 21 heavy (non-hydrogen) atoms. The maximum absolute atomic E-state index is 13.7. The highest BCUT2D eigenvalue weighted by atomic mass is 19.1. The zero-order valence-corrected chi connectivity index (χ0v) is 12.3. The fourth-order valence-corrected chi connectivity index (χ4v) is 3.56. The number of benzene rings is 1. The molecule has 0 bridgehead atoms. The van der Waals surface area contributed by atoms with E-state index < -0.39 is 17.7 Å². The van der Waals surface area contributed by atoms with Gasteiger partial charge in [0.25, 0.3) is 0 Å². The van der Waals surface area contributed by atoms with E-state index in [0.717, 1.165) is 31.6 Å². The van der Waals surface area contributed by atoms with Crippen LogP contribution >= 0.6 is 0 Å². The lowest BCUT2D eigenvalue weighted by molar-refractivity contribution is 0.227. The van der Waals surface area contributed by atoms with Crippen LogP contribution in [0.4, 0.5) is 8.78 Å². The summed E-state index contributed by atoms with van der Waals surface area (Å²) in [6, 6.07) is 3.63. The predicted molar refractivity (Wildman–Crippen MR) is 78.9 cm³/mol. The Morgan fingerprint density at radius 3 is 2.71 bits per heavy atom. The number of nitrogens with two attached hydrogens (primary N) is 1. The normalized spacial score (nSPS) is 25.6. The molecule has 1 aromatic rings. The van der Waals surface area contributed by atoms with Crippen molar-refractivity contribution in [2.75, 3.05) is 32.7 Å². The van der Waals surface area contributed by atoms with Gasteiger partial charge in [0.05, 0.1) is 0 Å². The van der Waals surface area contributed by atoms with Crippen molar-refractivity contribution in [2.45, 2.75) is 31.3 Å². The van der Waals surface area contributed by atoms with Crippen LogP contribution in [0.15, 0.2) is 18.2 Å². The minimum atomic E-state index is -0.474. The summed E-state index contributed by atoms with van der Waals surface area (Å²) < 4.78 is 27.0. The van der Waals surface area contributed by atoms with E-state index in [0.29, 0.717) is 12.6 Å². The van der Waals surface area contributed by atoms with Crippen molar-refractivity contribution in [1.29, 1.82) is 0 Å². The highest BCUT2D eigenvalue weighted by molar-refractivity contribution is 5.22. The van der Waals surface area contributed by atoms with E-state index in [2.05, 4.69) is 9.80 Å². The fourth-order valence-electron chi connectivity index (χ4n) is 3.56. The van der Waals surface area contributed by atoms with Gasteiger partial charge in [-0.25, -0.2) is 8.78 Å². The molecule has 3 rings (SSSR count). The van der Waals surface area contributed by atoms with Gasteiger partial charge in [-0.2, -0.15) is 0 Å². The summed E-state index contributed by atoms with van der Waals surface area (Å²) in [4.78, 5) is 4.83. The molecule has 0 aliphatic carbocycles. The van der Waals surface area contributed by atoms with Crippen molar-refractivity contribution < 1.29 is 8.78 Å².